The second-order valence-electron chi connectivity index (χ2n) is 5.05. The summed E-state index contributed by atoms with van der Waals surface area (Å²) in [6.45, 7) is 0. The van der Waals surface area contributed by atoms with Crippen LogP contribution in [0.3, 0.4) is 0 Å². The molecule has 21 heavy (non-hydrogen) atoms. The normalized spacial score (nSPS) is 11.3. The molecule has 102 valence electrons. The van der Waals surface area contributed by atoms with Gasteiger partial charge in [0.25, 0.3) is 0 Å². The van der Waals surface area contributed by atoms with Crippen LogP contribution in [0.5, 0.6) is 0 Å². The van der Waals surface area contributed by atoms with E-state index >= 15 is 0 Å². The zero-order valence-corrected chi connectivity index (χ0v) is 11.4. The molecule has 3 aromatic heterocycles. The van der Waals surface area contributed by atoms with Crippen LogP contribution in [0.15, 0.2) is 55.1 Å². The zero-order chi connectivity index (χ0) is 14.4. The number of benzene rings is 1. The van der Waals surface area contributed by atoms with Gasteiger partial charge in [-0.1, -0.05) is 18.2 Å². The summed E-state index contributed by atoms with van der Waals surface area (Å²) in [6, 6.07) is 10.0. The first-order valence-electron chi connectivity index (χ1n) is 6.68. The van der Waals surface area contributed by atoms with Crippen molar-refractivity contribution in [1.29, 1.82) is 0 Å². The monoisotopic (exact) mass is 277 g/mol. The average molecular weight is 277 g/mol. The molecule has 0 aliphatic carbocycles. The summed E-state index contributed by atoms with van der Waals surface area (Å²) in [5, 5.41) is 1.84. The number of aryl methyl sites for hydroxylation is 1. The number of pyridine rings is 2. The fraction of sp³-hybridized carbons (Fsp3) is 0.0588. The molecule has 0 aliphatic rings. The molecule has 0 N–H and O–H groups in total. The fourth-order valence-corrected chi connectivity index (χ4v) is 2.84. The molecular weight excluding hydrogens is 265 g/mol. The Morgan fingerprint density at radius 2 is 1.86 bits per heavy atom. The van der Waals surface area contributed by atoms with E-state index in [0.717, 1.165) is 27.4 Å². The summed E-state index contributed by atoms with van der Waals surface area (Å²) in [5.41, 5.74) is 3.68. The van der Waals surface area contributed by atoms with Gasteiger partial charge in [0, 0.05) is 47.5 Å². The summed E-state index contributed by atoms with van der Waals surface area (Å²) in [5.74, 6) is -0.297. The minimum absolute atomic E-state index is 0.297. The number of fused-ring (bicyclic) bond motifs is 3. The van der Waals surface area contributed by atoms with Crippen molar-refractivity contribution in [2.24, 2.45) is 7.05 Å². The van der Waals surface area contributed by atoms with E-state index in [-0.39, 0.29) is 5.82 Å². The van der Waals surface area contributed by atoms with Gasteiger partial charge >= 0.3 is 0 Å². The van der Waals surface area contributed by atoms with Crippen molar-refractivity contribution in [3.63, 3.8) is 0 Å². The van der Waals surface area contributed by atoms with Gasteiger partial charge in [-0.05, 0) is 17.7 Å². The third-order valence-electron chi connectivity index (χ3n) is 3.85. The molecule has 4 rings (SSSR count). The van der Waals surface area contributed by atoms with Gasteiger partial charge < -0.3 is 4.57 Å². The Balaban J connectivity index is 2.07. The summed E-state index contributed by atoms with van der Waals surface area (Å²) in [7, 11) is 1.88. The number of rotatable bonds is 1. The first-order chi connectivity index (χ1) is 10.3. The van der Waals surface area contributed by atoms with E-state index < -0.39 is 0 Å². The summed E-state index contributed by atoms with van der Waals surface area (Å²) >= 11 is 0. The van der Waals surface area contributed by atoms with Crippen molar-refractivity contribution in [2.75, 3.05) is 0 Å². The molecule has 0 bridgehead atoms. The molecule has 0 fully saturated rings. The van der Waals surface area contributed by atoms with Crippen molar-refractivity contribution in [1.82, 2.24) is 14.5 Å². The average Bonchev–Trinajstić information content (AvgIpc) is 2.82. The predicted octanol–water partition coefficient (Wildman–Crippen LogP) is 3.93. The molecular formula is C17H12FN3. The van der Waals surface area contributed by atoms with Gasteiger partial charge in [0.05, 0.1) is 11.7 Å². The Morgan fingerprint density at radius 3 is 2.67 bits per heavy atom. The summed E-state index contributed by atoms with van der Waals surface area (Å²) in [6.07, 6.45) is 6.54. The third-order valence-corrected chi connectivity index (χ3v) is 3.85. The Labute approximate surface area is 120 Å². The lowest BCUT2D eigenvalue weighted by atomic mass is 10.1. The summed E-state index contributed by atoms with van der Waals surface area (Å²) in [4.78, 5) is 8.10. The van der Waals surface area contributed by atoms with Crippen LogP contribution >= 0.6 is 0 Å². The van der Waals surface area contributed by atoms with E-state index in [1.807, 2.05) is 42.1 Å². The molecule has 0 saturated carbocycles. The molecule has 4 aromatic rings. The van der Waals surface area contributed by atoms with Crippen LogP contribution in [0, 0.1) is 5.82 Å². The van der Waals surface area contributed by atoms with Gasteiger partial charge in [0.15, 0.2) is 5.82 Å². The maximum absolute atomic E-state index is 14.0. The maximum atomic E-state index is 14.0. The van der Waals surface area contributed by atoms with Crippen molar-refractivity contribution in [2.45, 2.75) is 0 Å². The number of nitrogens with zero attached hydrogens (tertiary/aromatic N) is 3. The molecule has 0 saturated heterocycles. The molecule has 0 spiro atoms. The Morgan fingerprint density at radius 1 is 0.952 bits per heavy atom. The van der Waals surface area contributed by atoms with E-state index in [9.17, 15) is 4.39 Å². The maximum Gasteiger partial charge on any atom is 0.165 e. The highest BCUT2D eigenvalue weighted by atomic mass is 19.1. The smallest absolute Gasteiger partial charge is 0.165 e. The number of hydrogen-bond donors (Lipinski definition) is 0. The molecule has 0 unspecified atom stereocenters. The van der Waals surface area contributed by atoms with Crippen LogP contribution < -0.4 is 0 Å². The molecule has 1 aromatic carbocycles. The van der Waals surface area contributed by atoms with Crippen molar-refractivity contribution in [3.05, 3.63) is 60.9 Å². The quantitative estimate of drug-likeness (QED) is 0.528. The Kier molecular flexibility index (Phi) is 2.51. The molecule has 4 heteroatoms. The van der Waals surface area contributed by atoms with Crippen molar-refractivity contribution in [3.8, 4) is 11.1 Å². The number of halogens is 1. The number of hydrogen-bond acceptors (Lipinski definition) is 2. The van der Waals surface area contributed by atoms with Gasteiger partial charge in [0.1, 0.15) is 0 Å². The van der Waals surface area contributed by atoms with Crippen LogP contribution in [-0.2, 0) is 7.05 Å². The second-order valence-corrected chi connectivity index (χ2v) is 5.05. The second kappa shape index (κ2) is 4.38. The molecule has 3 heterocycles. The lowest BCUT2D eigenvalue weighted by Gasteiger charge is -2.03. The van der Waals surface area contributed by atoms with Crippen LogP contribution in [0.4, 0.5) is 4.39 Å². The van der Waals surface area contributed by atoms with E-state index in [1.54, 1.807) is 12.4 Å². The van der Waals surface area contributed by atoms with Gasteiger partial charge in [0.2, 0.25) is 0 Å². The highest BCUT2D eigenvalue weighted by Crippen LogP contribution is 2.32. The van der Waals surface area contributed by atoms with E-state index in [1.165, 1.54) is 6.20 Å². The molecule has 0 atom stereocenters. The SMILES string of the molecule is Cn1c2cc(-c3cccnc3)ccc2c2cncc(F)c21. The van der Waals surface area contributed by atoms with E-state index in [0.29, 0.717) is 5.52 Å². The van der Waals surface area contributed by atoms with Crippen LogP contribution in [0.1, 0.15) is 0 Å². The first kappa shape index (κ1) is 12.0. The highest BCUT2D eigenvalue weighted by molar-refractivity contribution is 6.08. The van der Waals surface area contributed by atoms with Gasteiger partial charge in [-0.25, -0.2) is 4.39 Å². The zero-order valence-electron chi connectivity index (χ0n) is 11.4. The van der Waals surface area contributed by atoms with Gasteiger partial charge in [-0.2, -0.15) is 0 Å². The van der Waals surface area contributed by atoms with Crippen LogP contribution in [0.25, 0.3) is 32.9 Å². The molecule has 0 radical (unpaired) electrons. The van der Waals surface area contributed by atoms with E-state index in [2.05, 4.69) is 16.0 Å². The predicted molar refractivity (Wildman–Crippen MR) is 81.4 cm³/mol. The van der Waals surface area contributed by atoms with Crippen LogP contribution in [0.2, 0.25) is 0 Å². The van der Waals surface area contributed by atoms with Crippen molar-refractivity contribution < 1.29 is 4.39 Å². The third kappa shape index (κ3) is 1.72. The van der Waals surface area contributed by atoms with Gasteiger partial charge in [-0.15, -0.1) is 0 Å². The van der Waals surface area contributed by atoms with Crippen molar-refractivity contribution >= 4 is 21.8 Å². The highest BCUT2D eigenvalue weighted by Gasteiger charge is 2.13. The topological polar surface area (TPSA) is 30.7 Å². The lowest BCUT2D eigenvalue weighted by molar-refractivity contribution is 0.627. The molecule has 0 aliphatic heterocycles. The minimum Gasteiger partial charge on any atom is -0.341 e. The number of aromatic nitrogens is 3. The largest absolute Gasteiger partial charge is 0.341 e. The van der Waals surface area contributed by atoms with Crippen LogP contribution in [-0.4, -0.2) is 14.5 Å². The summed E-state index contributed by atoms with van der Waals surface area (Å²) < 4.78 is 15.9. The van der Waals surface area contributed by atoms with E-state index in [4.69, 9.17) is 0 Å². The fourth-order valence-electron chi connectivity index (χ4n) is 2.84. The minimum atomic E-state index is -0.297. The molecule has 0 amide bonds. The lowest BCUT2D eigenvalue weighted by Crippen LogP contribution is -1.90. The Hall–Kier alpha value is -2.75. The first-order valence-corrected chi connectivity index (χ1v) is 6.68. The Bertz CT molecular complexity index is 958. The molecule has 3 nitrogen and oxygen atoms in total. The standard InChI is InChI=1S/C17H12FN3/c1-21-16-7-11(12-3-2-6-19-8-12)4-5-13(16)14-9-20-10-15(18)17(14)21/h2-10H,1H3. The van der Waals surface area contributed by atoms with Gasteiger partial charge in [-0.3, -0.25) is 9.97 Å².